The molecule has 4 aromatic rings. The zero-order valence-corrected chi connectivity index (χ0v) is 38.3. The van der Waals surface area contributed by atoms with Crippen molar-refractivity contribution in [3.63, 3.8) is 0 Å². The first-order chi connectivity index (χ1) is 28.3. The molecule has 0 unspecified atom stereocenters. The van der Waals surface area contributed by atoms with Crippen LogP contribution in [0.5, 0.6) is 11.5 Å². The summed E-state index contributed by atoms with van der Waals surface area (Å²) in [5, 5.41) is 5.02. The lowest BCUT2D eigenvalue weighted by molar-refractivity contribution is -0.437. The largest absolute Gasteiger partial charge is 1.00 e. The number of hydrogen-bond donors (Lipinski definition) is 1. The molecule has 8 nitrogen and oxygen atoms in total. The number of fused-ring (bicyclic) bond motifs is 4. The Morgan fingerprint density at radius 2 is 1.62 bits per heavy atom. The Morgan fingerprint density at radius 3 is 2.37 bits per heavy atom. The van der Waals surface area contributed by atoms with Crippen LogP contribution < -0.4 is 31.4 Å². The maximum atomic E-state index is 11.5. The van der Waals surface area contributed by atoms with Gasteiger partial charge in [-0.15, -0.1) is 0 Å². The second kappa shape index (κ2) is 19.0. The summed E-state index contributed by atoms with van der Waals surface area (Å²) in [4.78, 5) is 6.53. The summed E-state index contributed by atoms with van der Waals surface area (Å²) in [5.74, 6) is 2.10. The number of unbranched alkanes of at least 4 members (excludes halogenated alkanes) is 1. The predicted octanol–water partition coefficient (Wildman–Crippen LogP) is 8.07. The van der Waals surface area contributed by atoms with Gasteiger partial charge >= 0.3 is 0 Å². The number of para-hydroxylation sites is 1. The molecule has 1 aliphatic carbocycles. The number of nitrogens with zero attached hydrogens (tertiary/aromatic N) is 3. The molecule has 0 aromatic heterocycles. The van der Waals surface area contributed by atoms with Gasteiger partial charge in [-0.25, -0.2) is 4.99 Å². The summed E-state index contributed by atoms with van der Waals surface area (Å²) >= 11 is 4.88. The molecule has 2 aliphatic heterocycles. The molecule has 3 aliphatic rings. The molecule has 1 N–H and O–H groups in total. The fraction of sp³-hybridized carbons (Fsp3) is 0.347. The number of rotatable bonds is 15. The van der Waals surface area contributed by atoms with Crippen molar-refractivity contribution in [2.75, 3.05) is 37.4 Å². The molecule has 4 aromatic carbocycles. The number of anilines is 1. The molecule has 11 heteroatoms. The number of allylic oxidation sites excluding steroid dienone is 7. The molecule has 314 valence electrons. The van der Waals surface area contributed by atoms with E-state index in [4.69, 9.17) is 21.7 Å². The fourth-order valence-corrected chi connectivity index (χ4v) is 9.70. The summed E-state index contributed by atoms with van der Waals surface area (Å²) < 4.78 is 47.2. The van der Waals surface area contributed by atoms with Crippen LogP contribution >= 0.6 is 12.2 Å². The van der Waals surface area contributed by atoms with Crippen LogP contribution in [0.25, 0.3) is 10.8 Å². The fourth-order valence-electron chi connectivity index (χ4n) is 9.04. The first-order valence-electron chi connectivity index (χ1n) is 20.5. The van der Waals surface area contributed by atoms with Crippen LogP contribution in [-0.4, -0.2) is 60.9 Å². The number of isothiocyanates is 1. The minimum atomic E-state index is -4.02. The van der Waals surface area contributed by atoms with Gasteiger partial charge in [0.1, 0.15) is 17.3 Å². The molecule has 2 heterocycles. The van der Waals surface area contributed by atoms with Gasteiger partial charge in [-0.2, -0.15) is 13.0 Å². The highest BCUT2D eigenvalue weighted by molar-refractivity contribution is 7.85. The lowest BCUT2D eigenvalue weighted by atomic mass is 9.78. The molecule has 60 heavy (non-hydrogen) atoms. The van der Waals surface area contributed by atoms with Crippen molar-refractivity contribution in [1.82, 2.24) is 0 Å². The van der Waals surface area contributed by atoms with Gasteiger partial charge in [0, 0.05) is 47.5 Å². The Balaban J connectivity index is 0.00000604. The van der Waals surface area contributed by atoms with Gasteiger partial charge in [0.25, 0.3) is 10.1 Å². The lowest BCUT2D eigenvalue weighted by Gasteiger charge is -2.27. The van der Waals surface area contributed by atoms with E-state index in [1.807, 2.05) is 30.3 Å². The normalized spacial score (nSPS) is 18.2. The van der Waals surface area contributed by atoms with E-state index in [9.17, 15) is 13.0 Å². The third kappa shape index (κ3) is 9.46. The Kier molecular flexibility index (Phi) is 14.2. The number of thiocarbonyl (C=S) groups is 1. The third-order valence-electron chi connectivity index (χ3n) is 11.9. The van der Waals surface area contributed by atoms with Crippen molar-refractivity contribution in [3.8, 4) is 11.5 Å². The zero-order valence-electron chi connectivity index (χ0n) is 35.1. The van der Waals surface area contributed by atoms with Gasteiger partial charge in [0.15, 0.2) is 12.3 Å². The summed E-state index contributed by atoms with van der Waals surface area (Å²) in [7, 11) is -2.36. The highest BCUT2D eigenvalue weighted by Crippen LogP contribution is 2.48. The molecule has 0 saturated heterocycles. The number of ether oxygens (including phenoxy) is 2. The number of methoxy groups -OCH3 is 1. The van der Waals surface area contributed by atoms with E-state index >= 15 is 0 Å². The first kappa shape index (κ1) is 44.9. The van der Waals surface area contributed by atoms with Crippen LogP contribution in [0.3, 0.4) is 0 Å². The van der Waals surface area contributed by atoms with Gasteiger partial charge in [-0.3, -0.25) is 4.55 Å². The van der Waals surface area contributed by atoms with E-state index in [1.165, 1.54) is 33.3 Å². The van der Waals surface area contributed by atoms with Gasteiger partial charge in [0.2, 0.25) is 5.69 Å². The second-order valence-electron chi connectivity index (χ2n) is 16.5. The van der Waals surface area contributed by atoms with Crippen LogP contribution in [0.1, 0.15) is 77.3 Å². The Labute approximate surface area is 371 Å². The van der Waals surface area contributed by atoms with Crippen LogP contribution in [0, 0.1) is 0 Å². The number of halogens is 1. The van der Waals surface area contributed by atoms with Crippen molar-refractivity contribution in [3.05, 3.63) is 143 Å². The molecule has 0 spiro atoms. The second-order valence-corrected chi connectivity index (χ2v) is 18.3. The Bertz CT molecular complexity index is 2560. The molecule has 0 atom stereocenters. The van der Waals surface area contributed by atoms with Gasteiger partial charge < -0.3 is 31.4 Å². The minimum absolute atomic E-state index is 0. The molecule has 0 fully saturated rings. The summed E-state index contributed by atoms with van der Waals surface area (Å²) in [6.07, 6.45) is 13.5. The third-order valence-corrected chi connectivity index (χ3v) is 12.9. The van der Waals surface area contributed by atoms with Crippen LogP contribution in [0.4, 0.5) is 11.4 Å². The Hall–Kier alpha value is -4.64. The predicted molar refractivity (Wildman–Crippen MR) is 244 cm³/mol. The highest BCUT2D eigenvalue weighted by Gasteiger charge is 2.45. The minimum Gasteiger partial charge on any atom is -1.00 e. The number of aliphatic imine (C=N–C) groups is 1. The molecule has 0 bridgehead atoms. The monoisotopic (exact) mass is 907 g/mol. The van der Waals surface area contributed by atoms with Crippen LogP contribution in [0.2, 0.25) is 0 Å². The first-order valence-corrected chi connectivity index (χ1v) is 22.5. The lowest BCUT2D eigenvalue weighted by Crippen LogP contribution is -3.00. The van der Waals surface area contributed by atoms with E-state index in [2.05, 4.69) is 126 Å². The van der Waals surface area contributed by atoms with E-state index in [0.717, 1.165) is 72.0 Å². The Morgan fingerprint density at radius 1 is 0.883 bits per heavy atom. The molecule has 7 rings (SSSR count). The quantitative estimate of drug-likeness (QED) is 0.0425. The number of benzene rings is 4. The zero-order chi connectivity index (χ0) is 41.8. The van der Waals surface area contributed by atoms with E-state index in [1.54, 1.807) is 7.11 Å². The average Bonchev–Trinajstić information content (AvgIpc) is 3.58. The average molecular weight is 909 g/mol. The van der Waals surface area contributed by atoms with Crippen molar-refractivity contribution < 1.29 is 44.0 Å². The molecule has 0 amide bonds. The molecular weight excluding hydrogens is 855 g/mol. The summed E-state index contributed by atoms with van der Waals surface area (Å²) in [5.41, 5.74) is 8.92. The SMILES string of the molecule is COc1ccc(OC2=C(/C=C/C3=[N+](CCCN=C=S)c4ccc5ccccc5c4C3(C)C)CCC/C2=C\C=C2\N(CCCCS(=O)(=O)O)c3ccccc3C2(C)C)cc1.[Br-]. The van der Waals surface area contributed by atoms with Crippen molar-refractivity contribution in [1.29, 1.82) is 0 Å². The highest BCUT2D eigenvalue weighted by atomic mass is 79.9. The van der Waals surface area contributed by atoms with Gasteiger partial charge in [-0.1, -0.05) is 62.4 Å². The van der Waals surface area contributed by atoms with Gasteiger partial charge in [0.05, 0.1) is 30.0 Å². The van der Waals surface area contributed by atoms with Gasteiger partial charge in [-0.05, 0) is 134 Å². The molecule has 0 saturated carbocycles. The van der Waals surface area contributed by atoms with Crippen molar-refractivity contribution in [2.45, 2.75) is 77.0 Å². The topological polar surface area (TPSA) is 91.4 Å². The standard InChI is InChI=1S/C49H53N3O5S2.BrH/c1-48(2)41-18-8-9-19-42(41)51(31-10-11-33-59(53,54)55)44(48)28-21-36-15-12-16-37(47(36)57-39-25-23-38(56-5)24-26-39)22-29-45-49(3,4)46-40-17-7-6-14-35(40)20-27-43(46)52(45)32-13-30-50-34-58;/h6-9,14,17-29H,10-13,15-16,30-33H2,1-5H3;1H. The smallest absolute Gasteiger partial charge is 0.264 e. The van der Waals surface area contributed by atoms with E-state index in [-0.39, 0.29) is 33.6 Å². The summed E-state index contributed by atoms with van der Waals surface area (Å²) in [6.45, 7) is 11.2. The van der Waals surface area contributed by atoms with Crippen LogP contribution in [-0.2, 0) is 20.9 Å². The maximum absolute atomic E-state index is 11.5. The van der Waals surface area contributed by atoms with Crippen molar-refractivity contribution >= 4 is 55.4 Å². The molecular formula is C49H54BrN3O5S2. The van der Waals surface area contributed by atoms with Crippen LogP contribution in [0.15, 0.2) is 137 Å². The number of hydrogen-bond acceptors (Lipinski definition) is 7. The van der Waals surface area contributed by atoms with E-state index in [0.29, 0.717) is 25.9 Å². The van der Waals surface area contributed by atoms with E-state index < -0.39 is 10.1 Å². The van der Waals surface area contributed by atoms with Crippen molar-refractivity contribution in [2.24, 2.45) is 4.99 Å². The summed E-state index contributed by atoms with van der Waals surface area (Å²) in [6, 6.07) is 29.3. The molecule has 0 radical (unpaired) electrons. The maximum Gasteiger partial charge on any atom is 0.264 e.